The number of hydrogen-bond acceptors (Lipinski definition) is 3. The molecule has 2 fully saturated rings. The maximum Gasteiger partial charge on any atom is 0.407 e. The van der Waals surface area contributed by atoms with Crippen LogP contribution < -0.4 is 5.32 Å². The number of alkyl carbamates (subject to hydrolysis) is 1. The molecule has 0 saturated heterocycles. The highest BCUT2D eigenvalue weighted by atomic mass is 16.5. The number of benzene rings is 2. The average Bonchev–Trinajstić information content (AvgIpc) is 3.43. The molecule has 2 bridgehead atoms. The summed E-state index contributed by atoms with van der Waals surface area (Å²) >= 11 is 0. The molecule has 1 unspecified atom stereocenters. The molecule has 3 aliphatic rings. The second kappa shape index (κ2) is 6.93. The highest BCUT2D eigenvalue weighted by Gasteiger charge is 2.49. The lowest BCUT2D eigenvalue weighted by atomic mass is 9.79. The molecular formula is C24H27NO3. The summed E-state index contributed by atoms with van der Waals surface area (Å²) in [6.07, 6.45) is 4.83. The van der Waals surface area contributed by atoms with E-state index in [2.05, 4.69) is 29.6 Å². The zero-order valence-electron chi connectivity index (χ0n) is 16.1. The van der Waals surface area contributed by atoms with E-state index < -0.39 is 12.2 Å². The van der Waals surface area contributed by atoms with Crippen LogP contribution in [0.15, 0.2) is 48.5 Å². The molecule has 5 rings (SSSR count). The van der Waals surface area contributed by atoms with Gasteiger partial charge in [0.05, 0.1) is 6.10 Å². The predicted molar refractivity (Wildman–Crippen MR) is 108 cm³/mol. The van der Waals surface area contributed by atoms with E-state index in [0.717, 1.165) is 25.2 Å². The van der Waals surface area contributed by atoms with Crippen LogP contribution in [0.1, 0.15) is 49.1 Å². The largest absolute Gasteiger partial charge is 0.449 e. The molecule has 0 heterocycles. The van der Waals surface area contributed by atoms with Crippen molar-refractivity contribution in [3.05, 3.63) is 59.7 Å². The van der Waals surface area contributed by atoms with Crippen LogP contribution in [0, 0.1) is 11.3 Å². The molecule has 1 atom stereocenters. The van der Waals surface area contributed by atoms with Crippen molar-refractivity contribution in [2.45, 2.75) is 44.1 Å². The van der Waals surface area contributed by atoms with E-state index >= 15 is 0 Å². The summed E-state index contributed by atoms with van der Waals surface area (Å²) in [6, 6.07) is 16.6. The van der Waals surface area contributed by atoms with Crippen molar-refractivity contribution in [3.63, 3.8) is 0 Å². The lowest BCUT2D eigenvalue weighted by Crippen LogP contribution is -2.42. The van der Waals surface area contributed by atoms with Crippen molar-refractivity contribution in [1.82, 2.24) is 5.32 Å². The third kappa shape index (κ3) is 2.91. The Morgan fingerprint density at radius 1 is 1.07 bits per heavy atom. The van der Waals surface area contributed by atoms with Gasteiger partial charge in [0.2, 0.25) is 0 Å². The molecule has 4 heteroatoms. The van der Waals surface area contributed by atoms with Crippen LogP contribution >= 0.6 is 0 Å². The van der Waals surface area contributed by atoms with E-state index in [1.165, 1.54) is 35.1 Å². The standard InChI is InChI=1S/C24H27NO3/c26-22(24-11-9-16(13-24)10-12-24)14-25-23(27)28-15-21-19-7-3-1-5-17(19)18-6-2-4-8-20(18)21/h1-8,16,21-22,26H,9-15H2,(H,25,27). The average molecular weight is 377 g/mol. The molecule has 146 valence electrons. The van der Waals surface area contributed by atoms with Crippen molar-refractivity contribution in [2.75, 3.05) is 13.2 Å². The third-order valence-corrected chi connectivity index (χ3v) is 7.29. The first-order chi connectivity index (χ1) is 13.7. The van der Waals surface area contributed by atoms with E-state index in [4.69, 9.17) is 4.74 Å². The maximum absolute atomic E-state index is 12.3. The molecule has 2 aromatic carbocycles. The van der Waals surface area contributed by atoms with Gasteiger partial charge in [0.1, 0.15) is 6.61 Å². The molecule has 2 saturated carbocycles. The van der Waals surface area contributed by atoms with Gasteiger partial charge in [0, 0.05) is 12.5 Å². The van der Waals surface area contributed by atoms with Crippen LogP contribution in [0.25, 0.3) is 11.1 Å². The number of carbonyl (C=O) groups excluding carboxylic acids is 1. The van der Waals surface area contributed by atoms with Crippen molar-refractivity contribution in [3.8, 4) is 11.1 Å². The topological polar surface area (TPSA) is 58.6 Å². The van der Waals surface area contributed by atoms with E-state index in [0.29, 0.717) is 6.61 Å². The Kier molecular flexibility index (Phi) is 4.39. The number of hydrogen-bond donors (Lipinski definition) is 2. The van der Waals surface area contributed by atoms with E-state index in [-0.39, 0.29) is 17.9 Å². The summed E-state index contributed by atoms with van der Waals surface area (Å²) in [5.74, 6) is 0.844. The lowest BCUT2D eigenvalue weighted by molar-refractivity contribution is 0.0303. The first kappa shape index (κ1) is 17.7. The fourth-order valence-electron chi connectivity index (χ4n) is 5.75. The van der Waals surface area contributed by atoms with Gasteiger partial charge in [-0.3, -0.25) is 0 Å². The molecule has 0 radical (unpaired) electrons. The summed E-state index contributed by atoms with van der Waals surface area (Å²) in [5, 5.41) is 13.4. The van der Waals surface area contributed by atoms with Gasteiger partial charge in [-0.05, 0) is 65.7 Å². The first-order valence-electron chi connectivity index (χ1n) is 10.4. The zero-order valence-corrected chi connectivity index (χ0v) is 16.1. The normalized spacial score (nSPS) is 26.0. The Morgan fingerprint density at radius 2 is 1.68 bits per heavy atom. The summed E-state index contributed by atoms with van der Waals surface area (Å²) in [7, 11) is 0. The van der Waals surface area contributed by atoms with Gasteiger partial charge < -0.3 is 15.2 Å². The Hall–Kier alpha value is -2.33. The van der Waals surface area contributed by atoms with Gasteiger partial charge in [0.25, 0.3) is 0 Å². The van der Waals surface area contributed by atoms with Gasteiger partial charge in [-0.2, -0.15) is 0 Å². The van der Waals surface area contributed by atoms with Gasteiger partial charge in [-0.1, -0.05) is 48.5 Å². The molecule has 2 aromatic rings. The van der Waals surface area contributed by atoms with Gasteiger partial charge in [0.15, 0.2) is 0 Å². The highest BCUT2D eigenvalue weighted by Crippen LogP contribution is 2.55. The number of nitrogens with one attached hydrogen (secondary N) is 1. The van der Waals surface area contributed by atoms with Crippen LogP contribution in [-0.2, 0) is 4.74 Å². The third-order valence-electron chi connectivity index (χ3n) is 7.29. The molecule has 0 spiro atoms. The molecular weight excluding hydrogens is 350 g/mol. The number of amides is 1. The maximum atomic E-state index is 12.3. The molecule has 2 N–H and O–H groups in total. The molecule has 1 amide bonds. The van der Waals surface area contributed by atoms with Crippen molar-refractivity contribution >= 4 is 6.09 Å². The first-order valence-corrected chi connectivity index (χ1v) is 10.4. The summed E-state index contributed by atoms with van der Waals surface area (Å²) in [4.78, 5) is 12.3. The fourth-order valence-corrected chi connectivity index (χ4v) is 5.75. The van der Waals surface area contributed by atoms with Crippen molar-refractivity contribution < 1.29 is 14.6 Å². The van der Waals surface area contributed by atoms with Crippen LogP contribution in [0.2, 0.25) is 0 Å². The number of rotatable bonds is 5. The smallest absolute Gasteiger partial charge is 0.407 e. The van der Waals surface area contributed by atoms with Gasteiger partial charge >= 0.3 is 6.09 Å². The zero-order chi connectivity index (χ0) is 19.1. The second-order valence-corrected chi connectivity index (χ2v) is 8.73. The summed E-state index contributed by atoms with van der Waals surface area (Å²) < 4.78 is 5.57. The monoisotopic (exact) mass is 377 g/mol. The number of ether oxygens (including phenoxy) is 1. The minimum Gasteiger partial charge on any atom is -0.449 e. The lowest BCUT2D eigenvalue weighted by Gasteiger charge is -2.32. The number of aliphatic hydroxyl groups excluding tert-OH is 1. The Balaban J connectivity index is 1.20. The Bertz CT molecular complexity index is 839. The van der Waals surface area contributed by atoms with E-state index in [1.807, 2.05) is 24.3 Å². The summed E-state index contributed by atoms with van der Waals surface area (Å²) in [5.41, 5.74) is 4.88. The fraction of sp³-hybridized carbons (Fsp3) is 0.458. The minimum atomic E-state index is -0.472. The van der Waals surface area contributed by atoms with Crippen molar-refractivity contribution in [2.24, 2.45) is 11.3 Å². The SMILES string of the molecule is O=C(NCC(O)C12CCC(CC1)C2)OCC1c2ccccc2-c2ccccc21. The summed E-state index contributed by atoms with van der Waals surface area (Å²) in [6.45, 7) is 0.590. The van der Waals surface area contributed by atoms with Crippen LogP contribution in [0.3, 0.4) is 0 Å². The van der Waals surface area contributed by atoms with Crippen molar-refractivity contribution in [1.29, 1.82) is 0 Å². The van der Waals surface area contributed by atoms with Gasteiger partial charge in [-0.25, -0.2) is 4.79 Å². The number of fused-ring (bicyclic) bond motifs is 5. The molecule has 4 nitrogen and oxygen atoms in total. The van der Waals surface area contributed by atoms with Crippen LogP contribution in [0.5, 0.6) is 0 Å². The minimum absolute atomic E-state index is 0.0290. The Labute approximate surface area is 165 Å². The van der Waals surface area contributed by atoms with Gasteiger partial charge in [-0.15, -0.1) is 0 Å². The molecule has 0 aromatic heterocycles. The van der Waals surface area contributed by atoms with Crippen LogP contribution in [0.4, 0.5) is 4.79 Å². The van der Waals surface area contributed by atoms with E-state index in [1.54, 1.807) is 0 Å². The molecule has 0 aliphatic heterocycles. The highest BCUT2D eigenvalue weighted by molar-refractivity contribution is 5.79. The Morgan fingerprint density at radius 3 is 2.25 bits per heavy atom. The number of aliphatic hydroxyl groups is 1. The number of carbonyl (C=O) groups is 1. The predicted octanol–water partition coefficient (Wildman–Crippen LogP) is 4.47. The van der Waals surface area contributed by atoms with Crippen LogP contribution in [-0.4, -0.2) is 30.5 Å². The quantitative estimate of drug-likeness (QED) is 0.808. The molecule has 28 heavy (non-hydrogen) atoms. The second-order valence-electron chi connectivity index (χ2n) is 8.73. The van der Waals surface area contributed by atoms with E-state index in [9.17, 15) is 9.90 Å². The molecule has 3 aliphatic carbocycles.